The van der Waals surface area contributed by atoms with Crippen LogP contribution in [0.4, 0.5) is 0 Å². The van der Waals surface area contributed by atoms with Gasteiger partial charge in [0, 0.05) is 27.2 Å². The van der Waals surface area contributed by atoms with E-state index in [9.17, 15) is 13.2 Å². The van der Waals surface area contributed by atoms with Gasteiger partial charge in [-0.3, -0.25) is 4.79 Å². The molecule has 2 fully saturated rings. The summed E-state index contributed by atoms with van der Waals surface area (Å²) >= 11 is 0. The molecule has 4 rings (SSSR count). The van der Waals surface area contributed by atoms with Gasteiger partial charge < -0.3 is 9.64 Å². The predicted octanol–water partition coefficient (Wildman–Crippen LogP) is 1.63. The summed E-state index contributed by atoms with van der Waals surface area (Å²) in [5, 5.41) is -0.179. The molecule has 7 heteroatoms. The molecule has 0 N–H and O–H groups in total. The largest absolute Gasteiger partial charge is 0.352 e. The lowest BCUT2D eigenvalue weighted by molar-refractivity contribution is -0.156. The van der Waals surface area contributed by atoms with Crippen molar-refractivity contribution in [1.29, 1.82) is 0 Å². The van der Waals surface area contributed by atoms with Crippen molar-refractivity contribution >= 4 is 15.9 Å². The Morgan fingerprint density at radius 2 is 1.84 bits per heavy atom. The van der Waals surface area contributed by atoms with E-state index in [4.69, 9.17) is 4.74 Å². The second-order valence-corrected chi connectivity index (χ2v) is 9.67. The number of rotatable bonds is 3. The molecule has 6 nitrogen and oxygen atoms in total. The van der Waals surface area contributed by atoms with Crippen LogP contribution in [0.2, 0.25) is 0 Å². The monoisotopic (exact) mass is 364 g/mol. The Morgan fingerprint density at radius 3 is 2.44 bits per heavy atom. The summed E-state index contributed by atoms with van der Waals surface area (Å²) in [5.74, 6) is -0.0719. The number of amides is 1. The third-order valence-electron chi connectivity index (χ3n) is 5.58. The first kappa shape index (κ1) is 17.0. The van der Waals surface area contributed by atoms with Gasteiger partial charge in [-0.25, -0.2) is 12.7 Å². The number of carbonyl (C=O) groups is 1. The van der Waals surface area contributed by atoms with Crippen molar-refractivity contribution in [2.24, 2.45) is 0 Å². The fourth-order valence-corrected chi connectivity index (χ4v) is 5.82. The van der Waals surface area contributed by atoms with Gasteiger partial charge in [-0.1, -0.05) is 24.3 Å². The fourth-order valence-electron chi connectivity index (χ4n) is 3.98. The summed E-state index contributed by atoms with van der Waals surface area (Å²) in [6.07, 6.45) is 2.14. The van der Waals surface area contributed by atoms with Crippen LogP contribution < -0.4 is 0 Å². The molecule has 0 bridgehead atoms. The van der Waals surface area contributed by atoms with E-state index in [0.717, 1.165) is 24.0 Å². The number of piperidine rings is 1. The number of fused-ring (bicyclic) bond motifs is 2. The summed E-state index contributed by atoms with van der Waals surface area (Å²) in [7, 11) is 0.299. The first-order valence-corrected chi connectivity index (χ1v) is 10.3. The van der Waals surface area contributed by atoms with Crippen LogP contribution in [0, 0.1) is 0 Å². The van der Waals surface area contributed by atoms with E-state index in [1.807, 2.05) is 24.3 Å². The van der Waals surface area contributed by atoms with Gasteiger partial charge in [-0.15, -0.1) is 0 Å². The summed E-state index contributed by atoms with van der Waals surface area (Å²) in [6, 6.07) is 7.84. The normalized spacial score (nSPS) is 25.8. The van der Waals surface area contributed by atoms with Crippen LogP contribution in [0.1, 0.15) is 42.9 Å². The minimum Gasteiger partial charge on any atom is -0.352 e. The van der Waals surface area contributed by atoms with Gasteiger partial charge in [-0.05, 0) is 36.8 Å². The van der Waals surface area contributed by atoms with E-state index in [2.05, 4.69) is 0 Å². The quantitative estimate of drug-likeness (QED) is 0.818. The average Bonchev–Trinajstić information content (AvgIpc) is 3.41. The van der Waals surface area contributed by atoms with Crippen LogP contribution in [0.25, 0.3) is 0 Å². The van der Waals surface area contributed by atoms with E-state index in [1.165, 1.54) is 0 Å². The zero-order chi connectivity index (χ0) is 17.8. The van der Waals surface area contributed by atoms with Crippen LogP contribution in [0.15, 0.2) is 24.3 Å². The Morgan fingerprint density at radius 1 is 1.20 bits per heavy atom. The van der Waals surface area contributed by atoms with Crippen LogP contribution in [-0.2, 0) is 25.2 Å². The van der Waals surface area contributed by atoms with E-state index >= 15 is 0 Å². The number of ether oxygens (including phenoxy) is 1. The lowest BCUT2D eigenvalue weighted by atomic mass is 9.84. The van der Waals surface area contributed by atoms with Gasteiger partial charge >= 0.3 is 0 Å². The van der Waals surface area contributed by atoms with Crippen molar-refractivity contribution in [2.75, 3.05) is 27.2 Å². The van der Waals surface area contributed by atoms with E-state index in [0.29, 0.717) is 25.9 Å². The number of hydrogen-bond donors (Lipinski definition) is 0. The molecule has 1 saturated carbocycles. The molecule has 2 heterocycles. The van der Waals surface area contributed by atoms with E-state index in [1.54, 1.807) is 23.3 Å². The summed E-state index contributed by atoms with van der Waals surface area (Å²) in [5.41, 5.74) is 1.40. The van der Waals surface area contributed by atoms with Crippen LogP contribution in [0.5, 0.6) is 0 Å². The lowest BCUT2D eigenvalue weighted by Crippen LogP contribution is -2.46. The van der Waals surface area contributed by atoms with Gasteiger partial charge in [0.25, 0.3) is 5.91 Å². The molecule has 0 aromatic heterocycles. The fraction of sp³-hybridized carbons (Fsp3) is 0.611. The Bertz CT molecular complexity index is 793. The Hall–Kier alpha value is -1.44. The maximum absolute atomic E-state index is 12.5. The maximum atomic E-state index is 12.5. The first-order valence-electron chi connectivity index (χ1n) is 8.82. The van der Waals surface area contributed by atoms with Gasteiger partial charge in [0.05, 0.1) is 10.9 Å². The molecule has 0 unspecified atom stereocenters. The second kappa shape index (κ2) is 5.79. The molecule has 136 valence electrons. The van der Waals surface area contributed by atoms with E-state index in [-0.39, 0.29) is 11.2 Å². The molecule has 1 aromatic rings. The zero-order valence-corrected chi connectivity index (χ0v) is 15.5. The molecule has 0 radical (unpaired) electrons. The number of sulfonamides is 1. The summed E-state index contributed by atoms with van der Waals surface area (Å²) in [6.45, 7) is 0.909. The molecule has 1 aliphatic carbocycles. The zero-order valence-electron chi connectivity index (χ0n) is 14.6. The maximum Gasteiger partial charge on any atom is 0.255 e. The molecule has 1 atom stereocenters. The average molecular weight is 364 g/mol. The van der Waals surface area contributed by atoms with Crippen molar-refractivity contribution in [3.63, 3.8) is 0 Å². The molecular formula is C18H24N2O4S. The number of carbonyl (C=O) groups excluding carboxylic acids is 1. The first-order chi connectivity index (χ1) is 11.8. The molecule has 3 aliphatic rings. The summed E-state index contributed by atoms with van der Waals surface area (Å²) in [4.78, 5) is 14.1. The van der Waals surface area contributed by atoms with Crippen LogP contribution in [0.3, 0.4) is 0 Å². The number of benzene rings is 1. The summed E-state index contributed by atoms with van der Waals surface area (Å²) < 4.78 is 32.9. The SMILES string of the molecule is CN(C)C(=O)[C@H]1OC2(CCN(S(=O)(=O)C3CC3)CC2)c2ccccc21. The van der Waals surface area contributed by atoms with Gasteiger partial charge in [0.15, 0.2) is 6.10 Å². The highest BCUT2D eigenvalue weighted by Crippen LogP contribution is 2.50. The number of nitrogens with zero attached hydrogens (tertiary/aromatic N) is 2. The third-order valence-corrected chi connectivity index (χ3v) is 7.98. The third kappa shape index (κ3) is 2.69. The highest BCUT2D eigenvalue weighted by atomic mass is 32.2. The van der Waals surface area contributed by atoms with Crippen LogP contribution >= 0.6 is 0 Å². The van der Waals surface area contributed by atoms with Crippen LogP contribution in [-0.4, -0.2) is 56.0 Å². The van der Waals surface area contributed by atoms with Crippen molar-refractivity contribution in [3.05, 3.63) is 35.4 Å². The second-order valence-electron chi connectivity index (χ2n) is 7.46. The van der Waals surface area contributed by atoms with Gasteiger partial charge in [0.2, 0.25) is 10.0 Å². The van der Waals surface area contributed by atoms with Gasteiger partial charge in [-0.2, -0.15) is 0 Å². The topological polar surface area (TPSA) is 66.9 Å². The standard InChI is InChI=1S/C18H24N2O4S/c1-19(2)17(21)16-14-5-3-4-6-15(14)18(24-16)9-11-20(12-10-18)25(22,23)13-7-8-13/h3-6,13,16H,7-12H2,1-2H3/t16-/m0/s1. The Labute approximate surface area is 148 Å². The van der Waals surface area contributed by atoms with Crippen molar-refractivity contribution in [2.45, 2.75) is 42.6 Å². The molecule has 25 heavy (non-hydrogen) atoms. The minimum atomic E-state index is -3.15. The molecule has 1 aromatic carbocycles. The van der Waals surface area contributed by atoms with Crippen molar-refractivity contribution in [1.82, 2.24) is 9.21 Å². The van der Waals surface area contributed by atoms with Crippen molar-refractivity contribution in [3.8, 4) is 0 Å². The van der Waals surface area contributed by atoms with E-state index < -0.39 is 21.7 Å². The van der Waals surface area contributed by atoms with Crippen molar-refractivity contribution < 1.29 is 17.9 Å². The molecular weight excluding hydrogens is 340 g/mol. The lowest BCUT2D eigenvalue weighted by Gasteiger charge is -2.39. The number of likely N-dealkylation sites (N-methyl/N-ethyl adjacent to an activating group) is 1. The predicted molar refractivity (Wildman–Crippen MR) is 93.4 cm³/mol. The molecule has 1 spiro atoms. The Balaban J connectivity index is 1.60. The number of hydrogen-bond acceptors (Lipinski definition) is 4. The highest BCUT2D eigenvalue weighted by molar-refractivity contribution is 7.90. The molecule has 1 saturated heterocycles. The Kier molecular flexibility index (Phi) is 3.94. The molecule has 2 aliphatic heterocycles. The highest BCUT2D eigenvalue weighted by Gasteiger charge is 2.51. The minimum absolute atomic E-state index is 0.0719. The van der Waals surface area contributed by atoms with Gasteiger partial charge in [0.1, 0.15) is 0 Å². The molecule has 1 amide bonds. The smallest absolute Gasteiger partial charge is 0.255 e.